The molecule has 1 N–H and O–H groups in total. The largest absolute Gasteiger partial charge is 0.457 e. The fraction of sp³-hybridized carbons (Fsp3) is 0.0714. The standard InChI is InChI=1S/C56H35N3O7/c60-51-39-22-24-41-48-42(56(64)59(55(41)63)50-43(32-13-6-7-14-32)27-34(31-11-4-5-12-31)28-44(50)33-15-8-9-16-33)25-23-40(47(39)48)52(61)49(51)53-57-46-26-21-38(30-45(46)54(62)58-53)66-37-20-10-19-36(29-37)65-35-17-2-1-3-18-35/h1-8,10-11,13,15-30,49H,9,12,14H2,(H,57,58,62). The molecule has 4 aliphatic carbocycles. The number of aromatic amines is 1. The van der Waals surface area contributed by atoms with Crippen LogP contribution in [-0.2, 0) is 0 Å². The van der Waals surface area contributed by atoms with Crippen LogP contribution in [0.4, 0.5) is 5.69 Å². The first kappa shape index (κ1) is 38.9. The number of carbonyl (C=O) groups is 4. The number of nitrogens with one attached hydrogen (secondary N) is 1. The van der Waals surface area contributed by atoms with Crippen molar-refractivity contribution in [3.8, 4) is 23.0 Å². The molecule has 2 amide bonds. The Balaban J connectivity index is 0.893. The lowest BCUT2D eigenvalue weighted by atomic mass is 9.76. The summed E-state index contributed by atoms with van der Waals surface area (Å²) in [5.41, 5.74) is 6.49. The lowest BCUT2D eigenvalue weighted by molar-refractivity contribution is 0.0842. The Kier molecular flexibility index (Phi) is 8.96. The minimum atomic E-state index is -1.47. The number of anilines is 1. The van der Waals surface area contributed by atoms with E-state index in [1.807, 2.05) is 54.6 Å². The van der Waals surface area contributed by atoms with E-state index in [1.54, 1.807) is 54.6 Å². The minimum Gasteiger partial charge on any atom is -0.457 e. The second kappa shape index (κ2) is 15.2. The highest BCUT2D eigenvalue weighted by Crippen LogP contribution is 2.47. The summed E-state index contributed by atoms with van der Waals surface area (Å²) >= 11 is 0. The van der Waals surface area contributed by atoms with Crippen molar-refractivity contribution in [2.45, 2.75) is 25.2 Å². The number of fused-ring (bicyclic) bond motifs is 1. The van der Waals surface area contributed by atoms with Crippen molar-refractivity contribution in [3.05, 3.63) is 219 Å². The van der Waals surface area contributed by atoms with E-state index in [0.29, 0.717) is 35.1 Å². The van der Waals surface area contributed by atoms with Gasteiger partial charge in [0.1, 0.15) is 34.7 Å². The zero-order valence-electron chi connectivity index (χ0n) is 35.0. The maximum absolute atomic E-state index is 15.0. The predicted molar refractivity (Wildman–Crippen MR) is 254 cm³/mol. The van der Waals surface area contributed by atoms with Crippen LogP contribution in [0.5, 0.6) is 23.0 Å². The molecule has 2 heterocycles. The van der Waals surface area contributed by atoms with E-state index in [4.69, 9.17) is 9.47 Å². The Morgan fingerprint density at radius 2 is 1.20 bits per heavy atom. The molecule has 12 rings (SSSR count). The number of allylic oxidation sites excluding steroid dienone is 12. The van der Waals surface area contributed by atoms with Gasteiger partial charge in [-0.2, -0.15) is 0 Å². The van der Waals surface area contributed by atoms with E-state index in [1.165, 1.54) is 17.0 Å². The number of benzene rings is 6. The lowest BCUT2D eigenvalue weighted by Gasteiger charge is -2.33. The van der Waals surface area contributed by atoms with Crippen molar-refractivity contribution >= 4 is 67.5 Å². The number of H-pyrrole nitrogens is 1. The maximum atomic E-state index is 15.0. The van der Waals surface area contributed by atoms with Gasteiger partial charge in [0.2, 0.25) is 0 Å². The van der Waals surface area contributed by atoms with Crippen LogP contribution in [0, 0.1) is 0 Å². The predicted octanol–water partition coefficient (Wildman–Crippen LogP) is 11.7. The van der Waals surface area contributed by atoms with Gasteiger partial charge in [-0.05, 0) is 120 Å². The Morgan fingerprint density at radius 1 is 0.576 bits per heavy atom. The smallest absolute Gasteiger partial charge is 0.266 e. The van der Waals surface area contributed by atoms with Gasteiger partial charge >= 0.3 is 0 Å². The Labute approximate surface area is 376 Å². The average Bonchev–Trinajstić information content (AvgIpc) is 4.17. The molecular formula is C56H35N3O7. The molecule has 0 bridgehead atoms. The number of imide groups is 1. The van der Waals surface area contributed by atoms with Crippen LogP contribution in [0.3, 0.4) is 0 Å². The van der Waals surface area contributed by atoms with E-state index in [0.717, 1.165) is 46.3 Å². The second-order valence-electron chi connectivity index (χ2n) is 16.7. The summed E-state index contributed by atoms with van der Waals surface area (Å²) in [6, 6.07) is 31.6. The number of nitrogens with zero attached hydrogens (tertiary/aromatic N) is 2. The normalized spacial score (nSPS) is 16.2. The van der Waals surface area contributed by atoms with E-state index < -0.39 is 34.9 Å². The average molecular weight is 862 g/mol. The number of ether oxygens (including phenoxy) is 2. The van der Waals surface area contributed by atoms with Crippen LogP contribution >= 0.6 is 0 Å². The SMILES string of the molecule is O=C1c2ccc3c4c(ccc(c24)C(=O)C1c1nc2ccc(Oc4cccc(Oc5ccccc5)c4)cc2c(=O)[nH]1)C(=O)N(c1c(C2=CCC=C2)cc(C2=CC=CC2)cc1C1=CC=CC1)C3=O. The summed E-state index contributed by atoms with van der Waals surface area (Å²) in [4.78, 5) is 81.4. The first-order valence-corrected chi connectivity index (χ1v) is 21.7. The Hall–Kier alpha value is -8.76. The molecule has 5 aliphatic rings. The highest BCUT2D eigenvalue weighted by Gasteiger charge is 2.44. The van der Waals surface area contributed by atoms with Gasteiger partial charge in [0.15, 0.2) is 11.6 Å². The van der Waals surface area contributed by atoms with Gasteiger partial charge in [-0.15, -0.1) is 0 Å². The summed E-state index contributed by atoms with van der Waals surface area (Å²) in [7, 11) is 0. The zero-order chi connectivity index (χ0) is 44.6. The molecule has 1 aromatic heterocycles. The maximum Gasteiger partial charge on any atom is 0.266 e. The fourth-order valence-electron chi connectivity index (χ4n) is 9.67. The van der Waals surface area contributed by atoms with Gasteiger partial charge in [0.25, 0.3) is 17.4 Å². The van der Waals surface area contributed by atoms with Crippen molar-refractivity contribution in [3.63, 3.8) is 0 Å². The molecule has 10 heteroatoms. The van der Waals surface area contributed by atoms with Crippen LogP contribution in [0.2, 0.25) is 0 Å². The van der Waals surface area contributed by atoms with Gasteiger partial charge in [-0.25, -0.2) is 9.88 Å². The summed E-state index contributed by atoms with van der Waals surface area (Å²) in [5.74, 6) is -1.81. The van der Waals surface area contributed by atoms with Crippen molar-refractivity contribution in [2.75, 3.05) is 4.90 Å². The minimum absolute atomic E-state index is 0.113. The number of para-hydroxylation sites is 1. The van der Waals surface area contributed by atoms with E-state index in [-0.39, 0.29) is 49.8 Å². The highest BCUT2D eigenvalue weighted by atomic mass is 16.5. The lowest BCUT2D eigenvalue weighted by Crippen LogP contribution is -2.42. The number of rotatable bonds is 9. The number of carbonyl (C=O) groups excluding carboxylic acids is 4. The third kappa shape index (κ3) is 6.25. The molecule has 0 atom stereocenters. The fourth-order valence-corrected chi connectivity index (χ4v) is 9.67. The van der Waals surface area contributed by atoms with Crippen molar-refractivity contribution in [1.82, 2.24) is 9.97 Å². The number of amides is 2. The molecule has 0 spiro atoms. The third-order valence-electron chi connectivity index (χ3n) is 12.7. The number of Topliss-reactive ketones (excluding diaryl/α,β-unsaturated/α-hetero) is 2. The topological polar surface area (TPSA) is 136 Å². The summed E-state index contributed by atoms with van der Waals surface area (Å²) in [6.07, 6.45) is 20.6. The quantitative estimate of drug-likeness (QED) is 0.112. The molecule has 0 unspecified atom stereocenters. The molecule has 316 valence electrons. The Bertz CT molecular complexity index is 3550. The molecule has 1 aliphatic heterocycles. The molecular weight excluding hydrogens is 827 g/mol. The first-order chi connectivity index (χ1) is 32.3. The molecule has 66 heavy (non-hydrogen) atoms. The van der Waals surface area contributed by atoms with Gasteiger partial charge in [0, 0.05) is 50.2 Å². The van der Waals surface area contributed by atoms with Crippen molar-refractivity contribution < 1.29 is 28.7 Å². The highest BCUT2D eigenvalue weighted by molar-refractivity contribution is 6.41. The second-order valence-corrected chi connectivity index (χ2v) is 16.7. The summed E-state index contributed by atoms with van der Waals surface area (Å²) in [6.45, 7) is 0. The van der Waals surface area contributed by atoms with Gasteiger partial charge in [-0.1, -0.05) is 78.9 Å². The molecule has 0 saturated heterocycles. The van der Waals surface area contributed by atoms with Gasteiger partial charge in [0.05, 0.1) is 16.6 Å². The number of hydrogen-bond donors (Lipinski definition) is 1. The number of hydrogen-bond acceptors (Lipinski definition) is 8. The molecule has 0 fully saturated rings. The summed E-state index contributed by atoms with van der Waals surface area (Å²) < 4.78 is 12.0. The molecule has 7 aromatic rings. The summed E-state index contributed by atoms with van der Waals surface area (Å²) in [5, 5.41) is 0.685. The van der Waals surface area contributed by atoms with Crippen LogP contribution in [0.15, 0.2) is 169 Å². The zero-order valence-corrected chi connectivity index (χ0v) is 35.0. The van der Waals surface area contributed by atoms with Crippen LogP contribution < -0.4 is 19.9 Å². The molecule has 0 radical (unpaired) electrons. The van der Waals surface area contributed by atoms with E-state index in [2.05, 4.69) is 52.5 Å². The van der Waals surface area contributed by atoms with Crippen LogP contribution in [0.25, 0.3) is 38.4 Å². The van der Waals surface area contributed by atoms with Crippen molar-refractivity contribution in [2.24, 2.45) is 0 Å². The third-order valence-corrected chi connectivity index (χ3v) is 12.7. The van der Waals surface area contributed by atoms with Gasteiger partial charge in [-0.3, -0.25) is 24.0 Å². The van der Waals surface area contributed by atoms with Crippen LogP contribution in [-0.4, -0.2) is 33.3 Å². The molecule has 0 saturated carbocycles. The number of ketones is 2. The monoisotopic (exact) mass is 861 g/mol. The van der Waals surface area contributed by atoms with Crippen molar-refractivity contribution in [1.29, 1.82) is 0 Å². The van der Waals surface area contributed by atoms with Gasteiger partial charge < -0.3 is 14.5 Å². The first-order valence-electron chi connectivity index (χ1n) is 21.7. The van der Waals surface area contributed by atoms with Crippen LogP contribution in [0.1, 0.15) is 89.1 Å². The van der Waals surface area contributed by atoms with E-state index >= 15 is 9.59 Å². The Morgan fingerprint density at radius 3 is 1.86 bits per heavy atom. The van der Waals surface area contributed by atoms with E-state index in [9.17, 15) is 14.4 Å². The molecule has 6 aromatic carbocycles. The molecule has 10 nitrogen and oxygen atoms in total. The number of aromatic nitrogens is 2.